The Labute approximate surface area is 318 Å². The van der Waals surface area contributed by atoms with Gasteiger partial charge in [-0.15, -0.1) is 0 Å². The van der Waals surface area contributed by atoms with E-state index in [1.807, 2.05) is 18.2 Å². The molecule has 1 unspecified atom stereocenters. The van der Waals surface area contributed by atoms with E-state index in [4.69, 9.17) is 0 Å². The highest BCUT2D eigenvalue weighted by molar-refractivity contribution is 6.07. The number of nitrogens with zero attached hydrogens (tertiary/aromatic N) is 4. The minimum Gasteiger partial charge on any atom is -0.508 e. The summed E-state index contributed by atoms with van der Waals surface area (Å²) >= 11 is 0. The molecule has 3 aliphatic heterocycles. The second-order valence-electron chi connectivity index (χ2n) is 16.2. The number of carbonyl (C=O) groups is 3. The van der Waals surface area contributed by atoms with E-state index in [1.54, 1.807) is 4.90 Å². The van der Waals surface area contributed by atoms with Crippen molar-refractivity contribution < 1.29 is 19.5 Å². The number of hydrogen-bond donors (Lipinski definition) is 1. The van der Waals surface area contributed by atoms with Gasteiger partial charge >= 0.3 is 0 Å². The first-order valence-corrected chi connectivity index (χ1v) is 20.0. The molecule has 2 aliphatic carbocycles. The number of piperazine rings is 1. The molecule has 2 saturated heterocycles. The number of phenols is 1. The van der Waals surface area contributed by atoms with Crippen LogP contribution < -0.4 is 9.80 Å². The lowest BCUT2D eigenvalue weighted by atomic mass is 9.69. The number of ketones is 2. The van der Waals surface area contributed by atoms with Crippen LogP contribution in [0.3, 0.4) is 0 Å². The average molecular weight is 723 g/mol. The van der Waals surface area contributed by atoms with Gasteiger partial charge in [0.05, 0.1) is 12.5 Å². The highest BCUT2D eigenvalue weighted by Gasteiger charge is 2.39. The number of carbonyl (C=O) groups excluding carboxylic acids is 3. The molecule has 1 amide bonds. The van der Waals surface area contributed by atoms with Crippen molar-refractivity contribution in [2.75, 3.05) is 55.6 Å². The van der Waals surface area contributed by atoms with Crippen molar-refractivity contribution >= 4 is 28.8 Å². The normalized spacial score (nSPS) is 23.8. The van der Waals surface area contributed by atoms with Crippen molar-refractivity contribution in [3.8, 4) is 5.75 Å². The highest BCUT2D eigenvalue weighted by atomic mass is 16.3. The third kappa shape index (κ3) is 6.81. The van der Waals surface area contributed by atoms with Gasteiger partial charge in [-0.05, 0) is 114 Å². The van der Waals surface area contributed by atoms with Gasteiger partial charge in [-0.1, -0.05) is 48.5 Å². The lowest BCUT2D eigenvalue weighted by Gasteiger charge is -2.40. The molecule has 3 atom stereocenters. The summed E-state index contributed by atoms with van der Waals surface area (Å²) < 4.78 is 0. The van der Waals surface area contributed by atoms with Gasteiger partial charge in [0, 0.05) is 81.6 Å². The van der Waals surface area contributed by atoms with E-state index in [0.29, 0.717) is 42.5 Å². The SMILES string of the molecule is O=C1CCC(N2Cc3cc(N4CCN(CC5CCN(c6ccc([C@@H]7c8ccc(O)cc8CC[C@@H]7c7ccccc7)cc6)CC5)CC4)ccc3C2=O)C(=O)C1. The van der Waals surface area contributed by atoms with Crippen LogP contribution in [-0.4, -0.2) is 84.2 Å². The van der Waals surface area contributed by atoms with E-state index in [0.717, 1.165) is 69.9 Å². The molecule has 0 aromatic heterocycles. The van der Waals surface area contributed by atoms with Crippen molar-refractivity contribution in [1.29, 1.82) is 0 Å². The van der Waals surface area contributed by atoms with E-state index in [-0.39, 0.29) is 29.8 Å². The van der Waals surface area contributed by atoms with Crippen LogP contribution in [0.5, 0.6) is 5.75 Å². The van der Waals surface area contributed by atoms with Crippen LogP contribution in [0.1, 0.15) is 88.5 Å². The minimum absolute atomic E-state index is 0.0167. The van der Waals surface area contributed by atoms with Gasteiger partial charge in [0.2, 0.25) is 0 Å². The van der Waals surface area contributed by atoms with Gasteiger partial charge in [-0.3, -0.25) is 19.3 Å². The maximum Gasteiger partial charge on any atom is 0.255 e. The van der Waals surface area contributed by atoms with Crippen LogP contribution in [0, 0.1) is 5.92 Å². The molecule has 0 bridgehead atoms. The number of benzene rings is 4. The number of phenolic OH excluding ortho intramolecular Hbond substituents is 1. The van der Waals surface area contributed by atoms with Crippen LogP contribution in [0.2, 0.25) is 0 Å². The number of aryl methyl sites for hydroxylation is 1. The standard InChI is InChI=1S/C46H50N4O4/c51-38-12-16-41-34(27-38)8-14-40(32-4-2-1-3-5-32)45(41)33-6-9-36(10-7-33)48-20-18-31(19-21-48)29-47-22-24-49(25-23-47)37-11-15-42-35(26-37)30-50(46(42)54)43-17-13-39(52)28-44(43)53/h1-7,9-12,15-16,26-27,31,40,43,45,51H,8,13-14,17-25,28-30H2/t40-,43?,45+/m1/s1. The first kappa shape index (κ1) is 34.8. The molecule has 4 aromatic carbocycles. The van der Waals surface area contributed by atoms with Crippen molar-refractivity contribution in [2.45, 2.75) is 69.4 Å². The number of amides is 1. The summed E-state index contributed by atoms with van der Waals surface area (Å²) in [5.41, 5.74) is 9.48. The zero-order valence-corrected chi connectivity index (χ0v) is 31.0. The lowest BCUT2D eigenvalue weighted by Crippen LogP contribution is -2.49. The molecular formula is C46H50N4O4. The van der Waals surface area contributed by atoms with Crippen LogP contribution >= 0.6 is 0 Å². The van der Waals surface area contributed by atoms with Crippen LogP contribution in [-0.2, 0) is 22.6 Å². The molecule has 3 fully saturated rings. The van der Waals surface area contributed by atoms with Gasteiger partial charge in [0.1, 0.15) is 11.5 Å². The van der Waals surface area contributed by atoms with Gasteiger partial charge in [0.15, 0.2) is 5.78 Å². The van der Waals surface area contributed by atoms with E-state index >= 15 is 0 Å². The molecular weight excluding hydrogens is 673 g/mol. The van der Waals surface area contributed by atoms with Gasteiger partial charge < -0.3 is 19.8 Å². The van der Waals surface area contributed by atoms with E-state index in [1.165, 1.54) is 40.8 Å². The molecule has 8 nitrogen and oxygen atoms in total. The number of hydrogen-bond acceptors (Lipinski definition) is 7. The number of fused-ring (bicyclic) bond motifs is 2. The van der Waals surface area contributed by atoms with Crippen molar-refractivity contribution in [3.63, 3.8) is 0 Å². The van der Waals surface area contributed by atoms with Crippen molar-refractivity contribution in [2.24, 2.45) is 5.92 Å². The van der Waals surface area contributed by atoms with E-state index < -0.39 is 6.04 Å². The third-order valence-electron chi connectivity index (χ3n) is 13.0. The Kier molecular flexibility index (Phi) is 9.48. The number of Topliss-reactive ketones (excluding diaryl/α,β-unsaturated/α-hetero) is 2. The largest absolute Gasteiger partial charge is 0.508 e. The fourth-order valence-electron chi connectivity index (χ4n) is 10.1. The van der Waals surface area contributed by atoms with Gasteiger partial charge in [-0.2, -0.15) is 0 Å². The predicted molar refractivity (Wildman–Crippen MR) is 211 cm³/mol. The van der Waals surface area contributed by atoms with Crippen molar-refractivity contribution in [1.82, 2.24) is 9.80 Å². The molecule has 3 heterocycles. The zero-order chi connectivity index (χ0) is 36.8. The molecule has 54 heavy (non-hydrogen) atoms. The summed E-state index contributed by atoms with van der Waals surface area (Å²) in [5, 5.41) is 10.2. The highest BCUT2D eigenvalue weighted by Crippen LogP contribution is 2.47. The summed E-state index contributed by atoms with van der Waals surface area (Å²) in [6, 6.07) is 31.9. The molecule has 8 heteroatoms. The summed E-state index contributed by atoms with van der Waals surface area (Å²) in [6.07, 6.45) is 5.22. The first-order chi connectivity index (χ1) is 26.4. The van der Waals surface area contributed by atoms with Crippen molar-refractivity contribution in [3.05, 3.63) is 124 Å². The third-order valence-corrected chi connectivity index (χ3v) is 13.0. The Bertz CT molecular complexity index is 2030. The summed E-state index contributed by atoms with van der Waals surface area (Å²) in [6.45, 7) is 7.73. The maximum absolute atomic E-state index is 13.2. The first-order valence-electron chi connectivity index (χ1n) is 20.0. The summed E-state index contributed by atoms with van der Waals surface area (Å²) in [7, 11) is 0. The fraction of sp³-hybridized carbons (Fsp3) is 0.413. The van der Waals surface area contributed by atoms with Gasteiger partial charge in [0.25, 0.3) is 5.91 Å². The molecule has 0 spiro atoms. The predicted octanol–water partition coefficient (Wildman–Crippen LogP) is 6.94. The number of anilines is 2. The van der Waals surface area contributed by atoms with E-state index in [2.05, 4.69) is 87.5 Å². The van der Waals surface area contributed by atoms with E-state index in [9.17, 15) is 19.5 Å². The Morgan fingerprint density at radius 2 is 1.39 bits per heavy atom. The number of rotatable bonds is 7. The molecule has 5 aliphatic rings. The van der Waals surface area contributed by atoms with Crippen LogP contribution in [0.25, 0.3) is 0 Å². The Balaban J connectivity index is 0.780. The number of piperidine rings is 1. The fourth-order valence-corrected chi connectivity index (χ4v) is 10.1. The summed E-state index contributed by atoms with van der Waals surface area (Å²) in [4.78, 5) is 46.8. The molecule has 1 saturated carbocycles. The van der Waals surface area contributed by atoms with Crippen LogP contribution in [0.4, 0.5) is 11.4 Å². The average Bonchev–Trinajstić information content (AvgIpc) is 3.53. The smallest absolute Gasteiger partial charge is 0.255 e. The molecule has 9 rings (SSSR count). The maximum atomic E-state index is 13.2. The number of aromatic hydroxyl groups is 1. The zero-order valence-electron chi connectivity index (χ0n) is 31.0. The monoisotopic (exact) mass is 722 g/mol. The molecule has 1 N–H and O–H groups in total. The minimum atomic E-state index is -0.474. The second-order valence-corrected chi connectivity index (χ2v) is 16.2. The molecule has 278 valence electrons. The topological polar surface area (TPSA) is 84.4 Å². The quantitative estimate of drug-likeness (QED) is 0.207. The molecule has 4 aromatic rings. The lowest BCUT2D eigenvalue weighted by molar-refractivity contribution is -0.133. The Hall–Kier alpha value is -4.95. The molecule has 0 radical (unpaired) electrons. The second kappa shape index (κ2) is 14.7. The van der Waals surface area contributed by atoms with Gasteiger partial charge in [-0.25, -0.2) is 0 Å². The Morgan fingerprint density at radius 1 is 0.648 bits per heavy atom. The summed E-state index contributed by atoms with van der Waals surface area (Å²) in [5.74, 6) is 1.51. The Morgan fingerprint density at radius 3 is 2.15 bits per heavy atom. The van der Waals surface area contributed by atoms with Crippen LogP contribution in [0.15, 0.2) is 91.0 Å².